The van der Waals surface area contributed by atoms with E-state index in [-0.39, 0.29) is 18.2 Å². The maximum atomic E-state index is 12.4. The number of unbranched alkanes of at least 4 members (excludes halogenated alkanes) is 6. The van der Waals surface area contributed by atoms with Crippen LogP contribution in [0.3, 0.4) is 0 Å². The van der Waals surface area contributed by atoms with Crippen LogP contribution >= 0.6 is 0 Å². The van der Waals surface area contributed by atoms with Gasteiger partial charge in [0, 0.05) is 18.2 Å². The predicted octanol–water partition coefficient (Wildman–Crippen LogP) is 6.27. The second-order valence-electron chi connectivity index (χ2n) is 11.6. The molecule has 1 saturated heterocycles. The highest BCUT2D eigenvalue weighted by Gasteiger charge is 2.34. The Labute approximate surface area is 228 Å². The van der Waals surface area contributed by atoms with E-state index in [1.807, 2.05) is 26.8 Å². The molecule has 0 aromatic heterocycles. The van der Waals surface area contributed by atoms with Crippen molar-refractivity contribution in [1.82, 2.24) is 10.2 Å². The van der Waals surface area contributed by atoms with Gasteiger partial charge < -0.3 is 29.2 Å². The molecule has 8 heteroatoms. The van der Waals surface area contributed by atoms with Crippen LogP contribution in [-0.2, 0) is 9.47 Å². The summed E-state index contributed by atoms with van der Waals surface area (Å²) < 4.78 is 21.7. The van der Waals surface area contributed by atoms with Crippen molar-refractivity contribution >= 4 is 12.1 Å². The fourth-order valence-electron chi connectivity index (χ4n) is 5.33. The van der Waals surface area contributed by atoms with Gasteiger partial charge in [-0.3, -0.25) is 0 Å². The van der Waals surface area contributed by atoms with Crippen LogP contribution in [0.5, 0.6) is 11.5 Å². The second-order valence-corrected chi connectivity index (χ2v) is 11.6. The lowest BCUT2D eigenvalue weighted by Crippen LogP contribution is -2.40. The maximum Gasteiger partial charge on any atom is 0.407 e. The quantitative estimate of drug-likeness (QED) is 0.223. The average Bonchev–Trinajstić information content (AvgIpc) is 3.20. The summed E-state index contributed by atoms with van der Waals surface area (Å²) in [4.78, 5) is 26.8. The normalized spacial score (nSPS) is 18.1. The largest absolute Gasteiger partial charge is 0.497 e. The van der Waals surface area contributed by atoms with Gasteiger partial charge in [-0.15, -0.1) is 0 Å². The predicted molar refractivity (Wildman–Crippen MR) is 148 cm³/mol. The van der Waals surface area contributed by atoms with Gasteiger partial charge >= 0.3 is 12.1 Å². The fourth-order valence-corrected chi connectivity index (χ4v) is 5.33. The summed E-state index contributed by atoms with van der Waals surface area (Å²) >= 11 is 0. The Morgan fingerprint density at radius 1 is 1.00 bits per heavy atom. The molecule has 1 aromatic carbocycles. The smallest absolute Gasteiger partial charge is 0.407 e. The fraction of sp³-hybridized carbons (Fsp3) is 0.733. The number of alkyl carbamates (subject to hydrolysis) is 1. The van der Waals surface area contributed by atoms with Crippen molar-refractivity contribution in [3.05, 3.63) is 23.3 Å². The summed E-state index contributed by atoms with van der Waals surface area (Å²) in [6.45, 7) is 9.78. The van der Waals surface area contributed by atoms with E-state index in [0.717, 1.165) is 50.8 Å². The number of carbonyl (C=O) groups excluding carboxylic acids is 2. The van der Waals surface area contributed by atoms with Gasteiger partial charge in [-0.25, -0.2) is 9.59 Å². The number of nitrogens with one attached hydrogen (secondary N) is 1. The van der Waals surface area contributed by atoms with Gasteiger partial charge in [0.1, 0.15) is 28.8 Å². The molecule has 0 aliphatic carbocycles. The summed E-state index contributed by atoms with van der Waals surface area (Å²) in [5, 5.41) is 2.92. The van der Waals surface area contributed by atoms with Crippen LogP contribution in [0.25, 0.3) is 0 Å². The number of piperidine rings is 1. The standard InChI is InChI=1S/C30H48N2O6/c1-30(2,3)38-29(34)31-21-22-14-17-32(18-15-22)16-12-10-8-6-7-9-11-13-25-24-19-23(35-4)20-26(36-5)27(24)28(33)37-25/h19-20,22,25H,6-18,21H2,1-5H3,(H,31,34). The lowest BCUT2D eigenvalue weighted by Gasteiger charge is -2.32. The Balaban J connectivity index is 1.20. The van der Waals surface area contributed by atoms with Crippen LogP contribution in [0.2, 0.25) is 0 Å². The Hall–Kier alpha value is -2.48. The van der Waals surface area contributed by atoms with Crippen molar-refractivity contribution < 1.29 is 28.5 Å². The minimum atomic E-state index is -0.448. The molecule has 2 aliphatic heterocycles. The van der Waals surface area contributed by atoms with Gasteiger partial charge in [0.15, 0.2) is 0 Å². The third kappa shape index (κ3) is 9.37. The number of cyclic esters (lactones) is 1. The zero-order valence-corrected chi connectivity index (χ0v) is 24.1. The number of amides is 1. The van der Waals surface area contributed by atoms with Crippen molar-refractivity contribution in [2.45, 2.75) is 96.7 Å². The number of likely N-dealkylation sites (tertiary alicyclic amines) is 1. The molecular formula is C30H48N2O6. The van der Waals surface area contributed by atoms with Crippen LogP contribution in [0.4, 0.5) is 4.79 Å². The van der Waals surface area contributed by atoms with E-state index in [4.69, 9.17) is 18.9 Å². The van der Waals surface area contributed by atoms with E-state index >= 15 is 0 Å². The number of esters is 1. The molecule has 38 heavy (non-hydrogen) atoms. The molecule has 2 heterocycles. The molecule has 1 unspecified atom stereocenters. The number of hydrogen-bond donors (Lipinski definition) is 1. The lowest BCUT2D eigenvalue weighted by atomic mass is 9.96. The summed E-state index contributed by atoms with van der Waals surface area (Å²) in [5.41, 5.74) is 0.978. The van der Waals surface area contributed by atoms with E-state index in [2.05, 4.69) is 10.2 Å². The molecule has 1 amide bonds. The topological polar surface area (TPSA) is 86.3 Å². The average molecular weight is 533 g/mol. The van der Waals surface area contributed by atoms with E-state index < -0.39 is 5.60 Å². The van der Waals surface area contributed by atoms with E-state index in [1.54, 1.807) is 20.3 Å². The summed E-state index contributed by atoms with van der Waals surface area (Å²) in [6, 6.07) is 3.63. The highest BCUT2D eigenvalue weighted by atomic mass is 16.6. The third-order valence-electron chi connectivity index (χ3n) is 7.44. The van der Waals surface area contributed by atoms with Crippen LogP contribution in [0.1, 0.15) is 107 Å². The van der Waals surface area contributed by atoms with Crippen molar-refractivity contribution in [1.29, 1.82) is 0 Å². The van der Waals surface area contributed by atoms with Crippen molar-refractivity contribution in [2.24, 2.45) is 5.92 Å². The van der Waals surface area contributed by atoms with Gasteiger partial charge in [-0.05, 0) is 84.5 Å². The van der Waals surface area contributed by atoms with E-state index in [0.29, 0.717) is 29.5 Å². The Kier molecular flexibility index (Phi) is 11.6. The molecule has 0 bridgehead atoms. The van der Waals surface area contributed by atoms with Gasteiger partial charge in [-0.2, -0.15) is 0 Å². The zero-order chi connectivity index (χ0) is 27.5. The molecule has 0 radical (unpaired) electrons. The first-order valence-electron chi connectivity index (χ1n) is 14.4. The van der Waals surface area contributed by atoms with Gasteiger partial charge in [0.2, 0.25) is 0 Å². The first kappa shape index (κ1) is 30.1. The molecule has 1 aromatic rings. The van der Waals surface area contributed by atoms with Crippen LogP contribution < -0.4 is 14.8 Å². The maximum absolute atomic E-state index is 12.4. The third-order valence-corrected chi connectivity index (χ3v) is 7.44. The van der Waals surface area contributed by atoms with Crippen LogP contribution in [0, 0.1) is 5.92 Å². The number of methoxy groups -OCH3 is 2. The van der Waals surface area contributed by atoms with E-state index in [9.17, 15) is 9.59 Å². The van der Waals surface area contributed by atoms with E-state index in [1.165, 1.54) is 38.6 Å². The number of ether oxygens (including phenoxy) is 4. The van der Waals surface area contributed by atoms with Gasteiger partial charge in [-0.1, -0.05) is 32.1 Å². The number of benzene rings is 1. The van der Waals surface area contributed by atoms with Crippen molar-refractivity contribution in [3.63, 3.8) is 0 Å². The molecule has 0 spiro atoms. The van der Waals surface area contributed by atoms with Crippen molar-refractivity contribution in [2.75, 3.05) is 40.4 Å². The Morgan fingerprint density at radius 3 is 2.29 bits per heavy atom. The number of rotatable bonds is 14. The monoisotopic (exact) mass is 532 g/mol. The first-order chi connectivity index (χ1) is 18.2. The second kappa shape index (κ2) is 14.6. The highest BCUT2D eigenvalue weighted by molar-refractivity contribution is 5.97. The van der Waals surface area contributed by atoms with Crippen molar-refractivity contribution in [3.8, 4) is 11.5 Å². The Morgan fingerprint density at radius 2 is 1.66 bits per heavy atom. The SMILES string of the molecule is COc1cc(OC)c2c(c1)C(CCCCCCCCCN1CCC(CNC(=O)OC(C)(C)C)CC1)OC2=O. The number of nitrogens with zero attached hydrogens (tertiary/aromatic N) is 1. The molecule has 0 saturated carbocycles. The summed E-state index contributed by atoms with van der Waals surface area (Å²) in [7, 11) is 3.18. The molecule has 1 fully saturated rings. The zero-order valence-electron chi connectivity index (χ0n) is 24.1. The highest BCUT2D eigenvalue weighted by Crippen LogP contribution is 2.41. The minimum absolute atomic E-state index is 0.210. The molecule has 2 aliphatic rings. The van der Waals surface area contributed by atoms with Crippen LogP contribution in [-0.4, -0.2) is 63.0 Å². The Bertz CT molecular complexity index is 905. The van der Waals surface area contributed by atoms with Gasteiger partial charge in [0.05, 0.1) is 14.2 Å². The minimum Gasteiger partial charge on any atom is -0.497 e. The first-order valence-corrected chi connectivity index (χ1v) is 14.4. The molecule has 1 atom stereocenters. The number of fused-ring (bicyclic) bond motifs is 1. The molecule has 214 valence electrons. The molecular weight excluding hydrogens is 484 g/mol. The summed E-state index contributed by atoms with van der Waals surface area (Å²) in [5.74, 6) is 1.45. The lowest BCUT2D eigenvalue weighted by molar-refractivity contribution is 0.0361. The number of carbonyl (C=O) groups is 2. The number of hydrogen-bond acceptors (Lipinski definition) is 7. The molecule has 8 nitrogen and oxygen atoms in total. The molecule has 3 rings (SSSR count). The summed E-state index contributed by atoms with van der Waals surface area (Å²) in [6.07, 6.45) is 11.0. The molecule has 1 N–H and O–H groups in total. The van der Waals surface area contributed by atoms with Gasteiger partial charge in [0.25, 0.3) is 0 Å². The van der Waals surface area contributed by atoms with Crippen LogP contribution in [0.15, 0.2) is 12.1 Å².